The van der Waals surface area contributed by atoms with E-state index in [1.54, 1.807) is 0 Å². The summed E-state index contributed by atoms with van der Waals surface area (Å²) in [5.41, 5.74) is 11.6. The monoisotopic (exact) mass is 883 g/mol. The fraction of sp³-hybridized carbons (Fsp3) is 0.0678. The van der Waals surface area contributed by atoms with Crippen molar-refractivity contribution in [2.75, 3.05) is 9.80 Å². The summed E-state index contributed by atoms with van der Waals surface area (Å²) in [5.74, 6) is 0. The average molecular weight is 884 g/mol. The molecule has 0 N–H and O–H groups in total. The zero-order valence-electron chi connectivity index (χ0n) is 36.9. The van der Waals surface area contributed by atoms with Crippen molar-refractivity contribution in [3.05, 3.63) is 225 Å². The molecule has 0 amide bonds. The molecule has 3 nitrogen and oxygen atoms in total. The smallest absolute Gasteiger partial charge is 0.418 e. The zero-order chi connectivity index (χ0) is 45.9. The van der Waals surface area contributed by atoms with Crippen molar-refractivity contribution >= 4 is 84.5 Å². The van der Waals surface area contributed by atoms with Gasteiger partial charge >= 0.3 is 7.25 Å². The van der Waals surface area contributed by atoms with Gasteiger partial charge in [-0.25, -0.2) is 0 Å². The Labute approximate surface area is 387 Å². The molecule has 8 heteroatoms. The maximum absolute atomic E-state index is 9.75. The second-order valence-electron chi connectivity index (χ2n) is 16.7. The van der Waals surface area contributed by atoms with Crippen LogP contribution in [0, 0.1) is 0 Å². The lowest BCUT2D eigenvalue weighted by Crippen LogP contribution is -2.36. The molecule has 0 fully saturated rings. The molecule has 0 aliphatic heterocycles. The van der Waals surface area contributed by atoms with Crippen LogP contribution >= 0.6 is 0 Å². The van der Waals surface area contributed by atoms with Crippen molar-refractivity contribution in [2.24, 2.45) is 0 Å². The Morgan fingerprint density at radius 1 is 0.403 bits per heavy atom. The molecule has 0 aliphatic rings. The van der Waals surface area contributed by atoms with Crippen molar-refractivity contribution in [1.29, 1.82) is 0 Å². The largest absolute Gasteiger partial charge is 0.673 e. The van der Waals surface area contributed by atoms with E-state index in [9.17, 15) is 17.3 Å². The molecule has 0 saturated carbocycles. The first-order valence-electron chi connectivity index (χ1n) is 22.7. The molecule has 0 saturated heterocycles. The van der Waals surface area contributed by atoms with Crippen molar-refractivity contribution < 1.29 is 21.8 Å². The van der Waals surface area contributed by atoms with Crippen LogP contribution in [0.3, 0.4) is 0 Å². The van der Waals surface area contributed by atoms with Gasteiger partial charge in [-0.1, -0.05) is 141 Å². The minimum Gasteiger partial charge on any atom is -0.418 e. The lowest BCUT2D eigenvalue weighted by molar-refractivity contribution is -0.684. The highest BCUT2D eigenvalue weighted by Crippen LogP contribution is 2.45. The fourth-order valence-corrected chi connectivity index (χ4v) is 9.53. The molecule has 10 aromatic carbocycles. The summed E-state index contributed by atoms with van der Waals surface area (Å²) in [5, 5.41) is 10.4. The first-order chi connectivity index (χ1) is 32.7. The van der Waals surface area contributed by atoms with Gasteiger partial charge < -0.3 is 27.1 Å². The lowest BCUT2D eigenvalue weighted by atomic mass is 9.87. The third-order valence-electron chi connectivity index (χ3n) is 12.4. The highest BCUT2D eigenvalue weighted by Gasteiger charge is 2.27. The summed E-state index contributed by atoms with van der Waals surface area (Å²) >= 11 is 0. The Kier molecular flexibility index (Phi) is 11.9. The van der Waals surface area contributed by atoms with Crippen LogP contribution < -0.4 is 14.4 Å². The van der Waals surface area contributed by atoms with Gasteiger partial charge in [-0.15, -0.1) is 0 Å². The SMILES string of the molecule is CCCC[n+]1cc2c(cc3ccc4cccc5ccc2c3c45)c(-c2ccc(N(c3ccccc3)c3ccccc3)cc2)c1-c1ccc(N(c2ccccc2)c2ccccc2)cc1.F[B-](F)(F)F. The van der Waals surface area contributed by atoms with Crippen LogP contribution in [0.15, 0.2) is 225 Å². The van der Waals surface area contributed by atoms with Crippen molar-refractivity contribution in [1.82, 2.24) is 0 Å². The lowest BCUT2D eigenvalue weighted by Gasteiger charge is -2.26. The van der Waals surface area contributed by atoms with Gasteiger partial charge in [0.05, 0.1) is 10.9 Å². The standard InChI is InChI=1S/C59H46N3.BF4/c1-2-3-39-60-41-55-53-38-33-43-18-16-17-42-27-28-46(57(53)56(42)43)40-54(55)58(44-29-34-51(35-30-44)61(47-19-8-4-9-20-47)48-21-10-5-11-22-48)59(60)45-31-36-52(37-32-45)62(49-23-12-6-13-24-49)50-25-14-7-15-26-50;2-1(3,4)5/h4-38,40-41H,2-3,39H2,1H3;/q+1;-1. The van der Waals surface area contributed by atoms with E-state index in [0.29, 0.717) is 0 Å². The summed E-state index contributed by atoms with van der Waals surface area (Å²) in [7, 11) is -6.00. The number of nitrogens with zero attached hydrogens (tertiary/aromatic N) is 3. The summed E-state index contributed by atoms with van der Waals surface area (Å²) in [6.45, 7) is 3.20. The third-order valence-corrected chi connectivity index (χ3v) is 12.4. The number of rotatable bonds is 11. The Hall–Kier alpha value is -7.97. The van der Waals surface area contributed by atoms with Gasteiger partial charge in [0, 0.05) is 51.5 Å². The van der Waals surface area contributed by atoms with Gasteiger partial charge in [-0.3, -0.25) is 0 Å². The van der Waals surface area contributed by atoms with Crippen LogP contribution in [0.5, 0.6) is 0 Å². The maximum Gasteiger partial charge on any atom is 0.673 e. The Bertz CT molecular complexity index is 3320. The third kappa shape index (κ3) is 8.78. The summed E-state index contributed by atoms with van der Waals surface area (Å²) in [6, 6.07) is 79.5. The van der Waals surface area contributed by atoms with Crippen LogP contribution in [0.25, 0.3) is 65.5 Å². The van der Waals surface area contributed by atoms with Gasteiger partial charge in [0.25, 0.3) is 0 Å². The van der Waals surface area contributed by atoms with Crippen molar-refractivity contribution in [3.8, 4) is 22.4 Å². The molecule has 0 aliphatic carbocycles. The van der Waals surface area contributed by atoms with E-state index in [2.05, 4.69) is 246 Å². The molecular formula is C59H46BF4N3. The number of aryl methyl sites for hydroxylation is 1. The first kappa shape index (κ1) is 43.0. The minimum absolute atomic E-state index is 0.909. The van der Waals surface area contributed by atoms with Crippen LogP contribution in [0.4, 0.5) is 51.4 Å². The predicted molar refractivity (Wildman–Crippen MR) is 273 cm³/mol. The second-order valence-corrected chi connectivity index (χ2v) is 16.7. The van der Waals surface area contributed by atoms with Crippen molar-refractivity contribution in [3.63, 3.8) is 0 Å². The van der Waals surface area contributed by atoms with Gasteiger partial charge in [0.15, 0.2) is 6.20 Å². The zero-order valence-corrected chi connectivity index (χ0v) is 36.9. The van der Waals surface area contributed by atoms with Crippen molar-refractivity contribution in [2.45, 2.75) is 26.3 Å². The number of anilines is 6. The molecule has 1 heterocycles. The van der Waals surface area contributed by atoms with E-state index in [1.165, 1.54) is 65.5 Å². The highest BCUT2D eigenvalue weighted by atomic mass is 19.5. The van der Waals surface area contributed by atoms with Gasteiger partial charge in [0.2, 0.25) is 5.69 Å². The molecule has 0 bridgehead atoms. The predicted octanol–water partition coefficient (Wildman–Crippen LogP) is 17.4. The van der Waals surface area contributed by atoms with Crippen LogP contribution in [-0.4, -0.2) is 7.25 Å². The quantitative estimate of drug-likeness (QED) is 0.0421. The number of aromatic nitrogens is 1. The van der Waals surface area contributed by atoms with E-state index < -0.39 is 7.25 Å². The first-order valence-corrected chi connectivity index (χ1v) is 22.7. The van der Waals surface area contributed by atoms with E-state index in [-0.39, 0.29) is 0 Å². The number of para-hydroxylation sites is 4. The molecule has 0 spiro atoms. The summed E-state index contributed by atoms with van der Waals surface area (Å²) in [4.78, 5) is 4.67. The van der Waals surface area contributed by atoms with Crippen LogP contribution in [0.2, 0.25) is 0 Å². The molecule has 1 aromatic heterocycles. The number of fused-ring (bicyclic) bond motifs is 2. The number of benzene rings is 10. The number of unbranched alkanes of at least 4 members (excludes halogenated alkanes) is 1. The Balaban J connectivity index is 0.000000999. The van der Waals surface area contributed by atoms with E-state index in [1.807, 2.05) is 0 Å². The number of pyridine rings is 1. The molecule has 0 unspecified atom stereocenters. The normalized spacial score (nSPS) is 11.5. The topological polar surface area (TPSA) is 10.4 Å². The second kappa shape index (κ2) is 18.5. The van der Waals surface area contributed by atoms with Gasteiger partial charge in [0.1, 0.15) is 6.54 Å². The molecule has 0 atom stereocenters. The van der Waals surface area contributed by atoms with E-state index >= 15 is 0 Å². The van der Waals surface area contributed by atoms with Crippen LogP contribution in [-0.2, 0) is 6.54 Å². The molecular weight excluding hydrogens is 837 g/mol. The summed E-state index contributed by atoms with van der Waals surface area (Å²) < 4.78 is 41.5. The number of hydrogen-bond acceptors (Lipinski definition) is 2. The Morgan fingerprint density at radius 3 is 1.28 bits per heavy atom. The fourth-order valence-electron chi connectivity index (χ4n) is 9.53. The molecule has 11 rings (SSSR count). The van der Waals surface area contributed by atoms with Gasteiger partial charge in [-0.2, -0.15) is 4.57 Å². The highest BCUT2D eigenvalue weighted by molar-refractivity contribution is 6.50. The average Bonchev–Trinajstić information content (AvgIpc) is 3.36. The number of hydrogen-bond donors (Lipinski definition) is 0. The maximum atomic E-state index is 9.75. The number of halogens is 4. The van der Waals surface area contributed by atoms with Gasteiger partial charge in [-0.05, 0) is 129 Å². The Morgan fingerprint density at radius 2 is 0.821 bits per heavy atom. The molecule has 328 valence electrons. The molecule has 11 aromatic rings. The van der Waals surface area contributed by atoms with E-state index in [0.717, 1.165) is 53.5 Å². The summed E-state index contributed by atoms with van der Waals surface area (Å²) in [6.07, 6.45) is 4.62. The van der Waals surface area contributed by atoms with E-state index in [4.69, 9.17) is 0 Å². The molecule has 0 radical (unpaired) electrons. The molecule has 67 heavy (non-hydrogen) atoms. The van der Waals surface area contributed by atoms with Crippen LogP contribution in [0.1, 0.15) is 19.8 Å². The minimum atomic E-state index is -6.00.